The molecule has 1 atom stereocenters. The Labute approximate surface area is 134 Å². The molecule has 2 rings (SSSR count). The second-order valence-corrected chi connectivity index (χ2v) is 6.16. The zero-order valence-electron chi connectivity index (χ0n) is 12.1. The first-order valence-electron chi connectivity index (χ1n) is 7.13. The normalized spacial score (nSPS) is 12.1. The predicted octanol–water partition coefficient (Wildman–Crippen LogP) is 4.50. The SMILES string of the molecule is CCc1ccc(CC(Cc2ccc(Br)cc2)C(=O)O)cc1. The van der Waals surface area contributed by atoms with E-state index in [9.17, 15) is 9.90 Å². The van der Waals surface area contributed by atoms with Gasteiger partial charge in [0, 0.05) is 4.47 Å². The van der Waals surface area contributed by atoms with Crippen LogP contribution in [-0.2, 0) is 24.1 Å². The van der Waals surface area contributed by atoms with Gasteiger partial charge in [-0.25, -0.2) is 0 Å². The Morgan fingerprint density at radius 3 is 1.81 bits per heavy atom. The monoisotopic (exact) mass is 346 g/mol. The lowest BCUT2D eigenvalue weighted by atomic mass is 9.92. The predicted molar refractivity (Wildman–Crippen MR) is 88.5 cm³/mol. The summed E-state index contributed by atoms with van der Waals surface area (Å²) in [6, 6.07) is 16.1. The van der Waals surface area contributed by atoms with E-state index in [-0.39, 0.29) is 0 Å². The summed E-state index contributed by atoms with van der Waals surface area (Å²) in [7, 11) is 0. The average molecular weight is 347 g/mol. The van der Waals surface area contributed by atoms with Crippen molar-refractivity contribution >= 4 is 21.9 Å². The molecular weight excluding hydrogens is 328 g/mol. The zero-order chi connectivity index (χ0) is 15.2. The number of rotatable bonds is 6. The minimum Gasteiger partial charge on any atom is -0.481 e. The number of aliphatic carboxylic acids is 1. The molecule has 21 heavy (non-hydrogen) atoms. The number of carboxylic acid groups (broad SMARTS) is 1. The van der Waals surface area contributed by atoms with E-state index in [1.165, 1.54) is 5.56 Å². The van der Waals surface area contributed by atoms with Gasteiger partial charge in [0.25, 0.3) is 0 Å². The first-order valence-corrected chi connectivity index (χ1v) is 7.93. The van der Waals surface area contributed by atoms with Crippen LogP contribution >= 0.6 is 15.9 Å². The van der Waals surface area contributed by atoms with Crippen LogP contribution in [-0.4, -0.2) is 11.1 Å². The number of carboxylic acids is 1. The van der Waals surface area contributed by atoms with Crippen molar-refractivity contribution in [3.05, 3.63) is 69.7 Å². The summed E-state index contributed by atoms with van der Waals surface area (Å²) in [5.41, 5.74) is 3.41. The summed E-state index contributed by atoms with van der Waals surface area (Å²) in [6.45, 7) is 2.11. The van der Waals surface area contributed by atoms with E-state index < -0.39 is 11.9 Å². The fraction of sp³-hybridized carbons (Fsp3) is 0.278. The second kappa shape index (κ2) is 7.41. The largest absolute Gasteiger partial charge is 0.481 e. The molecule has 1 N–H and O–H groups in total. The summed E-state index contributed by atoms with van der Waals surface area (Å²) >= 11 is 3.39. The quantitative estimate of drug-likeness (QED) is 0.836. The van der Waals surface area contributed by atoms with Gasteiger partial charge in [-0.3, -0.25) is 4.79 Å². The third-order valence-corrected chi connectivity index (χ3v) is 4.19. The molecule has 0 spiro atoms. The van der Waals surface area contributed by atoms with Gasteiger partial charge in [-0.05, 0) is 48.1 Å². The highest BCUT2D eigenvalue weighted by Gasteiger charge is 2.18. The van der Waals surface area contributed by atoms with E-state index in [1.807, 2.05) is 36.4 Å². The molecule has 2 nitrogen and oxygen atoms in total. The maximum absolute atomic E-state index is 11.5. The molecule has 1 unspecified atom stereocenters. The highest BCUT2D eigenvalue weighted by molar-refractivity contribution is 9.10. The lowest BCUT2D eigenvalue weighted by molar-refractivity contribution is -0.141. The van der Waals surface area contributed by atoms with E-state index in [0.717, 1.165) is 22.0 Å². The van der Waals surface area contributed by atoms with E-state index in [4.69, 9.17) is 0 Å². The molecule has 0 aliphatic heterocycles. The van der Waals surface area contributed by atoms with Crippen LogP contribution < -0.4 is 0 Å². The maximum atomic E-state index is 11.5. The van der Waals surface area contributed by atoms with Crippen molar-refractivity contribution < 1.29 is 9.90 Å². The van der Waals surface area contributed by atoms with Crippen molar-refractivity contribution in [2.24, 2.45) is 5.92 Å². The number of hydrogen-bond donors (Lipinski definition) is 1. The highest BCUT2D eigenvalue weighted by Crippen LogP contribution is 2.18. The Kier molecular flexibility index (Phi) is 5.57. The Bertz CT molecular complexity index is 588. The van der Waals surface area contributed by atoms with Crippen LogP contribution in [0, 0.1) is 5.92 Å². The van der Waals surface area contributed by atoms with Crippen molar-refractivity contribution in [3.8, 4) is 0 Å². The van der Waals surface area contributed by atoms with Gasteiger partial charge in [0.1, 0.15) is 0 Å². The maximum Gasteiger partial charge on any atom is 0.307 e. The number of hydrogen-bond acceptors (Lipinski definition) is 1. The van der Waals surface area contributed by atoms with Crippen molar-refractivity contribution in [2.45, 2.75) is 26.2 Å². The van der Waals surface area contributed by atoms with Gasteiger partial charge in [-0.2, -0.15) is 0 Å². The molecule has 0 aromatic heterocycles. The molecule has 110 valence electrons. The standard InChI is InChI=1S/C18H19BrO2/c1-2-13-3-5-14(6-4-13)11-16(18(20)21)12-15-7-9-17(19)10-8-15/h3-10,16H,2,11-12H2,1H3,(H,20,21). The molecule has 0 amide bonds. The first kappa shape index (κ1) is 15.8. The van der Waals surface area contributed by atoms with E-state index in [1.54, 1.807) is 0 Å². The molecule has 0 aliphatic rings. The van der Waals surface area contributed by atoms with E-state index in [2.05, 4.69) is 35.0 Å². The van der Waals surface area contributed by atoms with Crippen molar-refractivity contribution in [1.82, 2.24) is 0 Å². The number of carbonyl (C=O) groups is 1. The average Bonchev–Trinajstić information content (AvgIpc) is 2.49. The lowest BCUT2D eigenvalue weighted by Gasteiger charge is -2.13. The molecule has 0 aliphatic carbocycles. The van der Waals surface area contributed by atoms with E-state index >= 15 is 0 Å². The van der Waals surface area contributed by atoms with Crippen molar-refractivity contribution in [3.63, 3.8) is 0 Å². The molecule has 2 aromatic rings. The van der Waals surface area contributed by atoms with E-state index in [0.29, 0.717) is 12.8 Å². The van der Waals surface area contributed by atoms with Gasteiger partial charge in [-0.15, -0.1) is 0 Å². The van der Waals surface area contributed by atoms with Crippen LogP contribution in [0.4, 0.5) is 0 Å². The molecule has 0 bridgehead atoms. The van der Waals surface area contributed by atoms with Gasteiger partial charge in [0.15, 0.2) is 0 Å². The van der Waals surface area contributed by atoms with Gasteiger partial charge in [0.05, 0.1) is 5.92 Å². The van der Waals surface area contributed by atoms with Crippen LogP contribution in [0.1, 0.15) is 23.6 Å². The van der Waals surface area contributed by atoms with Crippen LogP contribution in [0.2, 0.25) is 0 Å². The molecule has 0 radical (unpaired) electrons. The summed E-state index contributed by atoms with van der Waals surface area (Å²) in [4.78, 5) is 11.5. The third-order valence-electron chi connectivity index (χ3n) is 3.66. The van der Waals surface area contributed by atoms with Gasteiger partial charge in [0.2, 0.25) is 0 Å². The summed E-state index contributed by atoms with van der Waals surface area (Å²) < 4.78 is 1.01. The molecule has 0 heterocycles. The fourth-order valence-corrected chi connectivity index (χ4v) is 2.61. The molecule has 3 heteroatoms. The zero-order valence-corrected chi connectivity index (χ0v) is 13.6. The molecule has 2 aromatic carbocycles. The summed E-state index contributed by atoms with van der Waals surface area (Å²) in [5.74, 6) is -1.13. The minimum absolute atomic E-state index is 0.390. The Hall–Kier alpha value is -1.61. The molecule has 0 fully saturated rings. The van der Waals surface area contributed by atoms with Gasteiger partial charge >= 0.3 is 5.97 Å². The van der Waals surface area contributed by atoms with Crippen molar-refractivity contribution in [2.75, 3.05) is 0 Å². The Morgan fingerprint density at radius 1 is 0.952 bits per heavy atom. The molecule has 0 saturated carbocycles. The Balaban J connectivity index is 2.07. The van der Waals surface area contributed by atoms with Crippen LogP contribution in [0.3, 0.4) is 0 Å². The molecule has 0 saturated heterocycles. The highest BCUT2D eigenvalue weighted by atomic mass is 79.9. The van der Waals surface area contributed by atoms with Crippen LogP contribution in [0.15, 0.2) is 53.0 Å². The third kappa shape index (κ3) is 4.71. The van der Waals surface area contributed by atoms with Gasteiger partial charge in [-0.1, -0.05) is 59.3 Å². The molecular formula is C18H19BrO2. The topological polar surface area (TPSA) is 37.3 Å². The van der Waals surface area contributed by atoms with Crippen LogP contribution in [0.5, 0.6) is 0 Å². The van der Waals surface area contributed by atoms with Gasteiger partial charge < -0.3 is 5.11 Å². The smallest absolute Gasteiger partial charge is 0.307 e. The number of halogens is 1. The number of benzene rings is 2. The summed E-state index contributed by atoms with van der Waals surface area (Å²) in [6.07, 6.45) is 2.12. The first-order chi connectivity index (χ1) is 10.1. The number of aryl methyl sites for hydroxylation is 1. The summed E-state index contributed by atoms with van der Waals surface area (Å²) in [5, 5.41) is 9.44. The Morgan fingerprint density at radius 2 is 1.38 bits per heavy atom. The minimum atomic E-state index is -0.738. The second-order valence-electron chi connectivity index (χ2n) is 5.24. The van der Waals surface area contributed by atoms with Crippen LogP contribution in [0.25, 0.3) is 0 Å². The fourth-order valence-electron chi connectivity index (χ4n) is 2.35. The van der Waals surface area contributed by atoms with Crippen molar-refractivity contribution in [1.29, 1.82) is 0 Å². The lowest BCUT2D eigenvalue weighted by Crippen LogP contribution is -2.19.